The van der Waals surface area contributed by atoms with E-state index in [9.17, 15) is 0 Å². The summed E-state index contributed by atoms with van der Waals surface area (Å²) in [6.45, 7) is 3.03. The van der Waals surface area contributed by atoms with Gasteiger partial charge in [-0.15, -0.1) is 0 Å². The third-order valence-corrected chi connectivity index (χ3v) is 6.17. The van der Waals surface area contributed by atoms with E-state index in [2.05, 4.69) is 22.8 Å². The van der Waals surface area contributed by atoms with Gasteiger partial charge in [-0.25, -0.2) is 0 Å². The second-order valence-corrected chi connectivity index (χ2v) is 7.54. The highest BCUT2D eigenvalue weighted by Crippen LogP contribution is 2.61. The van der Waals surface area contributed by atoms with E-state index >= 15 is 0 Å². The van der Waals surface area contributed by atoms with Crippen LogP contribution in [0, 0.1) is 30.1 Å². The van der Waals surface area contributed by atoms with E-state index in [-0.39, 0.29) is 0 Å². The second-order valence-electron chi connectivity index (χ2n) is 7.54. The molecule has 1 atom stereocenters. The highest BCUT2D eigenvalue weighted by molar-refractivity contribution is 5.06. The summed E-state index contributed by atoms with van der Waals surface area (Å²) < 4.78 is 2.10. The lowest BCUT2D eigenvalue weighted by atomic mass is 9.48. The zero-order chi connectivity index (χ0) is 13.0. The summed E-state index contributed by atoms with van der Waals surface area (Å²) in [6.07, 6.45) is 10.5. The molecule has 0 saturated heterocycles. The molecule has 4 bridgehead atoms. The van der Waals surface area contributed by atoms with E-state index < -0.39 is 0 Å². The van der Waals surface area contributed by atoms with Crippen LogP contribution in [0.4, 0.5) is 0 Å². The van der Waals surface area contributed by atoms with Crippen molar-refractivity contribution in [2.24, 2.45) is 28.9 Å². The monoisotopic (exact) mass is 259 g/mol. The van der Waals surface area contributed by atoms with E-state index in [0.29, 0.717) is 11.5 Å². The minimum atomic E-state index is 0.291. The van der Waals surface area contributed by atoms with Gasteiger partial charge < -0.3 is 5.73 Å². The first-order chi connectivity index (χ1) is 9.14. The first-order valence-electron chi connectivity index (χ1n) is 7.89. The molecule has 4 saturated carbocycles. The number of hydrogen-bond donors (Lipinski definition) is 1. The summed E-state index contributed by atoms with van der Waals surface area (Å²) in [5, 5.41) is 4.42. The Labute approximate surface area is 115 Å². The van der Waals surface area contributed by atoms with Crippen LogP contribution in [-0.4, -0.2) is 15.8 Å². The summed E-state index contributed by atoms with van der Waals surface area (Å²) in [5.41, 5.74) is 8.35. The zero-order valence-corrected chi connectivity index (χ0v) is 11.9. The summed E-state index contributed by atoms with van der Waals surface area (Å²) in [6, 6.07) is 2.37. The fourth-order valence-electron chi connectivity index (χ4n) is 5.60. The average molecular weight is 259 g/mol. The Hall–Kier alpha value is -0.830. The minimum absolute atomic E-state index is 0.291. The zero-order valence-electron chi connectivity index (χ0n) is 11.9. The predicted molar refractivity (Wildman–Crippen MR) is 75.5 cm³/mol. The molecule has 1 heterocycles. The maximum atomic E-state index is 6.67. The predicted octanol–water partition coefficient (Wildman–Crippen LogP) is 2.74. The Morgan fingerprint density at radius 1 is 1.26 bits per heavy atom. The second kappa shape index (κ2) is 4.08. The SMILES string of the molecule is Cc1ccnn1CC(N)C12CC3CC(CC(C3)C1)C2. The third-order valence-electron chi connectivity index (χ3n) is 6.17. The average Bonchev–Trinajstić information content (AvgIpc) is 2.73. The molecule has 1 aromatic rings. The normalized spacial score (nSPS) is 41.7. The van der Waals surface area contributed by atoms with Gasteiger partial charge in [-0.3, -0.25) is 4.68 Å². The molecule has 19 heavy (non-hydrogen) atoms. The summed E-state index contributed by atoms with van der Waals surface area (Å²) in [4.78, 5) is 0. The Balaban J connectivity index is 1.56. The number of rotatable bonds is 3. The molecule has 1 unspecified atom stereocenters. The molecule has 4 fully saturated rings. The molecular weight excluding hydrogens is 234 g/mol. The molecular formula is C16H25N3. The number of aryl methyl sites for hydroxylation is 1. The first-order valence-corrected chi connectivity index (χ1v) is 7.89. The number of nitrogens with zero attached hydrogens (tertiary/aromatic N) is 2. The summed E-state index contributed by atoms with van der Waals surface area (Å²) in [7, 11) is 0. The molecule has 1 aromatic heterocycles. The first kappa shape index (κ1) is 12.0. The number of hydrogen-bond acceptors (Lipinski definition) is 2. The van der Waals surface area contributed by atoms with E-state index in [4.69, 9.17) is 5.73 Å². The molecule has 0 spiro atoms. The van der Waals surface area contributed by atoms with E-state index in [1.165, 1.54) is 44.2 Å². The standard InChI is InChI=1S/C16H25N3/c1-11-2-3-18-19(11)10-15(17)16-7-12-4-13(8-16)6-14(5-12)9-16/h2-3,12-15H,4-10,17H2,1H3. The van der Waals surface area contributed by atoms with Gasteiger partial charge in [0, 0.05) is 17.9 Å². The van der Waals surface area contributed by atoms with E-state index in [1.807, 2.05) is 6.20 Å². The Morgan fingerprint density at radius 3 is 2.32 bits per heavy atom. The van der Waals surface area contributed by atoms with Crippen LogP contribution >= 0.6 is 0 Å². The quantitative estimate of drug-likeness (QED) is 0.907. The molecule has 4 aliphatic carbocycles. The maximum absolute atomic E-state index is 6.67. The van der Waals surface area contributed by atoms with Gasteiger partial charge in [-0.2, -0.15) is 5.10 Å². The highest BCUT2D eigenvalue weighted by atomic mass is 15.3. The van der Waals surface area contributed by atoms with Crippen molar-refractivity contribution >= 4 is 0 Å². The van der Waals surface area contributed by atoms with Gasteiger partial charge in [0.25, 0.3) is 0 Å². The summed E-state index contributed by atoms with van der Waals surface area (Å²) in [5.74, 6) is 2.95. The van der Waals surface area contributed by atoms with Crippen molar-refractivity contribution in [1.82, 2.24) is 9.78 Å². The van der Waals surface area contributed by atoms with Crippen LogP contribution in [0.15, 0.2) is 12.3 Å². The lowest BCUT2D eigenvalue weighted by Crippen LogP contribution is -2.55. The lowest BCUT2D eigenvalue weighted by Gasteiger charge is -2.59. The highest BCUT2D eigenvalue weighted by Gasteiger charge is 2.53. The molecule has 0 aliphatic heterocycles. The summed E-state index contributed by atoms with van der Waals surface area (Å²) >= 11 is 0. The fourth-order valence-corrected chi connectivity index (χ4v) is 5.60. The maximum Gasteiger partial charge on any atom is 0.0569 e. The van der Waals surface area contributed by atoms with Gasteiger partial charge in [-0.05, 0) is 74.7 Å². The van der Waals surface area contributed by atoms with Crippen LogP contribution in [0.25, 0.3) is 0 Å². The van der Waals surface area contributed by atoms with Crippen LogP contribution < -0.4 is 5.73 Å². The molecule has 3 heteroatoms. The largest absolute Gasteiger partial charge is 0.326 e. The van der Waals surface area contributed by atoms with Gasteiger partial charge in [0.15, 0.2) is 0 Å². The van der Waals surface area contributed by atoms with Gasteiger partial charge in [0.05, 0.1) is 6.54 Å². The Morgan fingerprint density at radius 2 is 1.84 bits per heavy atom. The van der Waals surface area contributed by atoms with Crippen molar-refractivity contribution in [2.75, 3.05) is 0 Å². The van der Waals surface area contributed by atoms with Crippen molar-refractivity contribution in [2.45, 2.75) is 58.0 Å². The molecule has 2 N–H and O–H groups in total. The number of aromatic nitrogens is 2. The van der Waals surface area contributed by atoms with Crippen LogP contribution in [0.5, 0.6) is 0 Å². The van der Waals surface area contributed by atoms with Crippen LogP contribution in [0.1, 0.15) is 44.2 Å². The molecule has 5 rings (SSSR count). The van der Waals surface area contributed by atoms with Gasteiger partial charge >= 0.3 is 0 Å². The minimum Gasteiger partial charge on any atom is -0.326 e. The molecule has 0 radical (unpaired) electrons. The third kappa shape index (κ3) is 1.85. The molecule has 0 aromatic carbocycles. The Kier molecular flexibility index (Phi) is 2.57. The molecule has 4 aliphatic rings. The Bertz CT molecular complexity index is 441. The molecule has 0 amide bonds. The fraction of sp³-hybridized carbons (Fsp3) is 0.812. The molecule has 104 valence electrons. The van der Waals surface area contributed by atoms with E-state index in [0.717, 1.165) is 24.3 Å². The van der Waals surface area contributed by atoms with Crippen LogP contribution in [0.3, 0.4) is 0 Å². The van der Waals surface area contributed by atoms with Crippen molar-refractivity contribution in [3.05, 3.63) is 18.0 Å². The van der Waals surface area contributed by atoms with Crippen LogP contribution in [0.2, 0.25) is 0 Å². The topological polar surface area (TPSA) is 43.8 Å². The van der Waals surface area contributed by atoms with Crippen molar-refractivity contribution in [1.29, 1.82) is 0 Å². The van der Waals surface area contributed by atoms with Gasteiger partial charge in [-0.1, -0.05) is 0 Å². The van der Waals surface area contributed by atoms with Crippen molar-refractivity contribution in [3.8, 4) is 0 Å². The van der Waals surface area contributed by atoms with Crippen molar-refractivity contribution < 1.29 is 0 Å². The van der Waals surface area contributed by atoms with Crippen molar-refractivity contribution in [3.63, 3.8) is 0 Å². The van der Waals surface area contributed by atoms with Gasteiger partial charge in [0.1, 0.15) is 0 Å². The number of nitrogens with two attached hydrogens (primary N) is 1. The lowest BCUT2D eigenvalue weighted by molar-refractivity contribution is -0.0699. The van der Waals surface area contributed by atoms with Crippen LogP contribution in [-0.2, 0) is 6.54 Å². The van der Waals surface area contributed by atoms with Gasteiger partial charge in [0.2, 0.25) is 0 Å². The van der Waals surface area contributed by atoms with E-state index in [1.54, 1.807) is 0 Å². The smallest absolute Gasteiger partial charge is 0.0569 e. The molecule has 3 nitrogen and oxygen atoms in total.